The van der Waals surface area contributed by atoms with Gasteiger partial charge in [0, 0.05) is 67.5 Å². The van der Waals surface area contributed by atoms with Gasteiger partial charge in [0.25, 0.3) is 0 Å². The Kier molecular flexibility index (Phi) is 6.81. The van der Waals surface area contributed by atoms with Gasteiger partial charge in [0.1, 0.15) is 11.5 Å². The molecule has 8 nitrogen and oxygen atoms in total. The Hall–Kier alpha value is -3.65. The lowest BCUT2D eigenvalue weighted by molar-refractivity contribution is 0.394. The van der Waals surface area contributed by atoms with E-state index in [0.29, 0.717) is 6.04 Å². The molecule has 1 fully saturated rings. The molecule has 1 aliphatic carbocycles. The first-order valence-electron chi connectivity index (χ1n) is 12.1. The molecule has 1 saturated carbocycles. The van der Waals surface area contributed by atoms with Crippen LogP contribution < -0.4 is 19.7 Å². The molecule has 0 amide bonds. The summed E-state index contributed by atoms with van der Waals surface area (Å²) in [5.41, 5.74) is 5.49. The number of rotatable bonds is 9. The molecule has 4 aromatic rings. The first-order chi connectivity index (χ1) is 17.1. The van der Waals surface area contributed by atoms with Crippen LogP contribution >= 0.6 is 0 Å². The number of nitrogens with one attached hydrogen (secondary N) is 1. The second kappa shape index (κ2) is 10.3. The van der Waals surface area contributed by atoms with E-state index in [2.05, 4.69) is 32.4 Å². The maximum Gasteiger partial charge on any atom is 0.124 e. The number of anilines is 2. The van der Waals surface area contributed by atoms with E-state index >= 15 is 0 Å². The summed E-state index contributed by atoms with van der Waals surface area (Å²) in [7, 11) is 5.25. The van der Waals surface area contributed by atoms with Gasteiger partial charge < -0.3 is 19.7 Å². The van der Waals surface area contributed by atoms with Crippen molar-refractivity contribution in [3.8, 4) is 22.8 Å². The third-order valence-electron chi connectivity index (χ3n) is 6.61. The Morgan fingerprint density at radius 2 is 1.74 bits per heavy atom. The third kappa shape index (κ3) is 5.22. The Morgan fingerprint density at radius 3 is 2.43 bits per heavy atom. The van der Waals surface area contributed by atoms with Crippen molar-refractivity contribution in [2.45, 2.75) is 31.7 Å². The van der Waals surface area contributed by atoms with Crippen LogP contribution in [0.3, 0.4) is 0 Å². The molecule has 8 heteroatoms. The second-order valence-electron chi connectivity index (χ2n) is 8.99. The number of fused-ring (bicyclic) bond motifs is 1. The van der Waals surface area contributed by atoms with Crippen LogP contribution in [0.25, 0.3) is 22.3 Å². The molecule has 1 aliphatic rings. The van der Waals surface area contributed by atoms with Crippen molar-refractivity contribution in [2.24, 2.45) is 7.05 Å². The molecule has 2 aromatic heterocycles. The Morgan fingerprint density at radius 1 is 0.971 bits per heavy atom. The van der Waals surface area contributed by atoms with E-state index in [4.69, 9.17) is 14.5 Å². The van der Waals surface area contributed by atoms with Gasteiger partial charge in [0.15, 0.2) is 0 Å². The highest BCUT2D eigenvalue weighted by molar-refractivity contribution is 5.82. The number of nitrogens with zero attached hydrogens (tertiary/aromatic N) is 5. The van der Waals surface area contributed by atoms with E-state index in [1.165, 1.54) is 25.7 Å². The molecule has 2 aromatic carbocycles. The summed E-state index contributed by atoms with van der Waals surface area (Å²) in [4.78, 5) is 11.8. The van der Waals surface area contributed by atoms with E-state index in [1.54, 1.807) is 25.1 Å². The summed E-state index contributed by atoms with van der Waals surface area (Å²) in [6.07, 6.45) is 10.7. The van der Waals surface area contributed by atoms with Crippen molar-refractivity contribution in [2.75, 3.05) is 32.2 Å². The number of aromatic nitrogens is 4. The van der Waals surface area contributed by atoms with Crippen LogP contribution in [0.4, 0.5) is 11.4 Å². The lowest BCUT2D eigenvalue weighted by atomic mass is 10.2. The van der Waals surface area contributed by atoms with E-state index in [0.717, 1.165) is 58.3 Å². The fraction of sp³-hybridized carbons (Fsp3) is 0.370. The van der Waals surface area contributed by atoms with Gasteiger partial charge >= 0.3 is 0 Å². The number of hydrogen-bond acceptors (Lipinski definition) is 7. The average molecular weight is 473 g/mol. The molecule has 182 valence electrons. The van der Waals surface area contributed by atoms with Crippen molar-refractivity contribution in [3.05, 3.63) is 55.0 Å². The highest BCUT2D eigenvalue weighted by atomic mass is 16.5. The normalized spacial score (nSPS) is 13.9. The fourth-order valence-electron chi connectivity index (χ4n) is 4.73. The minimum absolute atomic E-state index is 0.612. The predicted molar refractivity (Wildman–Crippen MR) is 139 cm³/mol. The zero-order valence-electron chi connectivity index (χ0n) is 20.6. The number of ether oxygens (including phenoxy) is 2. The first-order valence-corrected chi connectivity index (χ1v) is 12.1. The monoisotopic (exact) mass is 472 g/mol. The number of aryl methyl sites for hydroxylation is 1. The number of benzene rings is 2. The van der Waals surface area contributed by atoms with Gasteiger partial charge in [-0.1, -0.05) is 12.8 Å². The molecule has 35 heavy (non-hydrogen) atoms. The zero-order chi connectivity index (χ0) is 24.2. The molecular weight excluding hydrogens is 440 g/mol. The summed E-state index contributed by atoms with van der Waals surface area (Å²) in [5.74, 6) is 1.51. The van der Waals surface area contributed by atoms with Gasteiger partial charge in [-0.3, -0.25) is 9.67 Å². The molecule has 0 atom stereocenters. The van der Waals surface area contributed by atoms with Crippen molar-refractivity contribution in [1.82, 2.24) is 25.1 Å². The van der Waals surface area contributed by atoms with E-state index in [9.17, 15) is 0 Å². The van der Waals surface area contributed by atoms with Crippen LogP contribution in [0.5, 0.6) is 11.5 Å². The molecule has 0 aliphatic heterocycles. The number of hydrogen-bond donors (Lipinski definition) is 1. The summed E-state index contributed by atoms with van der Waals surface area (Å²) in [5, 5.41) is 8.00. The lowest BCUT2D eigenvalue weighted by Crippen LogP contribution is -2.34. The van der Waals surface area contributed by atoms with Crippen molar-refractivity contribution in [1.29, 1.82) is 0 Å². The summed E-state index contributed by atoms with van der Waals surface area (Å²) < 4.78 is 12.9. The molecule has 2 heterocycles. The standard InChI is InChI=1S/C27H32N6O2/c1-32-18-19(16-30-32)27-17-29-25-9-8-21(14-26(25)31-27)33(11-10-28-20-6-4-5-7-20)22-12-23(34-2)15-24(13-22)35-3/h8-9,12-18,20,28H,4-7,10-11H2,1-3H3. The predicted octanol–water partition coefficient (Wildman–Crippen LogP) is 4.72. The summed E-state index contributed by atoms with van der Waals surface area (Å²) >= 11 is 0. The maximum atomic E-state index is 5.55. The minimum atomic E-state index is 0.612. The van der Waals surface area contributed by atoms with Crippen LogP contribution in [-0.2, 0) is 7.05 Å². The van der Waals surface area contributed by atoms with Gasteiger partial charge in [-0.15, -0.1) is 0 Å². The molecule has 0 saturated heterocycles. The third-order valence-corrected chi connectivity index (χ3v) is 6.61. The highest BCUT2D eigenvalue weighted by Gasteiger charge is 2.17. The molecule has 0 radical (unpaired) electrons. The Balaban J connectivity index is 1.50. The molecule has 0 spiro atoms. The molecule has 5 rings (SSSR count). The topological polar surface area (TPSA) is 77.3 Å². The average Bonchev–Trinajstić information content (AvgIpc) is 3.57. The SMILES string of the molecule is COc1cc(OC)cc(N(CCNC2CCCC2)c2ccc3ncc(-c4cnn(C)c4)nc3c2)c1. The van der Waals surface area contributed by atoms with Gasteiger partial charge in [0.2, 0.25) is 0 Å². The highest BCUT2D eigenvalue weighted by Crippen LogP contribution is 2.34. The van der Waals surface area contributed by atoms with Gasteiger partial charge in [-0.2, -0.15) is 5.10 Å². The van der Waals surface area contributed by atoms with Gasteiger partial charge in [-0.05, 0) is 31.0 Å². The van der Waals surface area contributed by atoms with Crippen molar-refractivity contribution >= 4 is 22.4 Å². The van der Waals surface area contributed by atoms with Crippen LogP contribution in [0, 0.1) is 0 Å². The minimum Gasteiger partial charge on any atom is -0.497 e. The lowest BCUT2D eigenvalue weighted by Gasteiger charge is -2.27. The first kappa shape index (κ1) is 23.1. The van der Waals surface area contributed by atoms with Crippen LogP contribution in [0.1, 0.15) is 25.7 Å². The van der Waals surface area contributed by atoms with E-state index in [-0.39, 0.29) is 0 Å². The van der Waals surface area contributed by atoms with E-state index in [1.807, 2.05) is 43.7 Å². The Bertz CT molecular complexity index is 1280. The maximum absolute atomic E-state index is 5.55. The smallest absolute Gasteiger partial charge is 0.124 e. The van der Waals surface area contributed by atoms with E-state index < -0.39 is 0 Å². The van der Waals surface area contributed by atoms with Crippen LogP contribution in [0.2, 0.25) is 0 Å². The zero-order valence-corrected chi connectivity index (χ0v) is 20.6. The summed E-state index contributed by atoms with van der Waals surface area (Å²) in [6, 6.07) is 12.8. The summed E-state index contributed by atoms with van der Waals surface area (Å²) in [6.45, 7) is 1.68. The van der Waals surface area contributed by atoms with Crippen molar-refractivity contribution in [3.63, 3.8) is 0 Å². The van der Waals surface area contributed by atoms with Gasteiger partial charge in [-0.25, -0.2) is 4.98 Å². The van der Waals surface area contributed by atoms with Crippen LogP contribution in [0.15, 0.2) is 55.0 Å². The van der Waals surface area contributed by atoms with Crippen LogP contribution in [-0.4, -0.2) is 53.1 Å². The molecule has 1 N–H and O–H groups in total. The Labute approximate surface area is 205 Å². The largest absolute Gasteiger partial charge is 0.497 e. The fourth-order valence-corrected chi connectivity index (χ4v) is 4.73. The molecule has 0 unspecified atom stereocenters. The molecular formula is C27H32N6O2. The quantitative estimate of drug-likeness (QED) is 0.378. The second-order valence-corrected chi connectivity index (χ2v) is 8.99. The van der Waals surface area contributed by atoms with Gasteiger partial charge in [0.05, 0.1) is 43.3 Å². The number of methoxy groups -OCH3 is 2. The van der Waals surface area contributed by atoms with Crippen molar-refractivity contribution < 1.29 is 9.47 Å². The molecule has 0 bridgehead atoms.